The maximum atomic E-state index is 12.7. The van der Waals surface area contributed by atoms with Gasteiger partial charge in [-0.05, 0) is 47.4 Å². The molecule has 0 saturated carbocycles. The molecule has 0 N–H and O–H groups in total. The molecule has 3 heterocycles. The molecular formula is C23H20N2O3S2. The first-order chi connectivity index (χ1) is 14.4. The Kier molecular flexibility index (Phi) is 5.71. The first-order valence-corrected chi connectivity index (χ1v) is 12.4. The molecule has 5 nitrogen and oxygen atoms in total. The number of fused-ring (bicyclic) bond motifs is 1. The van der Waals surface area contributed by atoms with Crippen LogP contribution in [0.15, 0.2) is 87.5 Å². The maximum Gasteiger partial charge on any atom is 0.175 e. The fourth-order valence-corrected chi connectivity index (χ4v) is 5.03. The molecule has 1 unspecified atom stereocenters. The number of allylic oxidation sites excluding steroid dienone is 3. The lowest BCUT2D eigenvalue weighted by Crippen LogP contribution is -2.21. The van der Waals surface area contributed by atoms with Crippen molar-refractivity contribution in [2.75, 3.05) is 12.8 Å². The van der Waals surface area contributed by atoms with Crippen LogP contribution in [0.2, 0.25) is 0 Å². The quantitative estimate of drug-likeness (QED) is 0.690. The molecular weight excluding hydrogens is 416 g/mol. The van der Waals surface area contributed by atoms with E-state index in [9.17, 15) is 12.6 Å². The molecule has 152 valence electrons. The Morgan fingerprint density at radius 3 is 2.63 bits per heavy atom. The molecule has 7 heteroatoms. The van der Waals surface area contributed by atoms with Crippen molar-refractivity contribution in [3.8, 4) is 11.8 Å². The summed E-state index contributed by atoms with van der Waals surface area (Å²) in [5.41, 5.74) is 3.21. The summed E-state index contributed by atoms with van der Waals surface area (Å²) in [6.45, 7) is 0.638. The number of aromatic nitrogens is 1. The average molecular weight is 437 g/mol. The predicted octanol–water partition coefficient (Wildman–Crippen LogP) is 2.96. The van der Waals surface area contributed by atoms with Crippen LogP contribution in [0.1, 0.15) is 11.1 Å². The van der Waals surface area contributed by atoms with Crippen molar-refractivity contribution in [2.24, 2.45) is 0 Å². The molecule has 2 aromatic rings. The van der Waals surface area contributed by atoms with Gasteiger partial charge in [-0.3, -0.25) is 4.98 Å². The Morgan fingerprint density at radius 1 is 1.13 bits per heavy atom. The van der Waals surface area contributed by atoms with Crippen LogP contribution in [-0.2, 0) is 33.5 Å². The van der Waals surface area contributed by atoms with Crippen molar-refractivity contribution in [3.05, 3.63) is 93.8 Å². The van der Waals surface area contributed by atoms with Gasteiger partial charge < -0.3 is 4.90 Å². The first kappa shape index (κ1) is 20.3. The minimum atomic E-state index is -3.19. The van der Waals surface area contributed by atoms with Crippen molar-refractivity contribution in [3.63, 3.8) is 0 Å². The van der Waals surface area contributed by atoms with Crippen LogP contribution in [-0.4, -0.2) is 35.3 Å². The molecule has 0 aliphatic carbocycles. The second kappa shape index (κ2) is 8.42. The second-order valence-corrected chi connectivity index (χ2v) is 10.6. The van der Waals surface area contributed by atoms with E-state index in [0.717, 1.165) is 21.7 Å². The van der Waals surface area contributed by atoms with Crippen LogP contribution in [0.3, 0.4) is 0 Å². The number of sulfone groups is 1. The van der Waals surface area contributed by atoms with E-state index in [1.165, 1.54) is 6.26 Å². The Morgan fingerprint density at radius 2 is 1.93 bits per heavy atom. The molecule has 30 heavy (non-hydrogen) atoms. The lowest BCUT2D eigenvalue weighted by Gasteiger charge is -2.22. The molecule has 0 bridgehead atoms. The van der Waals surface area contributed by atoms with Gasteiger partial charge in [-0.2, -0.15) is 0 Å². The maximum absolute atomic E-state index is 12.7. The van der Waals surface area contributed by atoms with Crippen molar-refractivity contribution >= 4 is 20.6 Å². The molecule has 2 aliphatic rings. The van der Waals surface area contributed by atoms with Gasteiger partial charge in [0, 0.05) is 37.8 Å². The minimum Gasteiger partial charge on any atom is -0.334 e. The third-order valence-corrected chi connectivity index (χ3v) is 7.28. The number of benzene rings is 1. The topological polar surface area (TPSA) is 67.3 Å². The summed E-state index contributed by atoms with van der Waals surface area (Å²) in [6, 6.07) is 10.8. The lowest BCUT2D eigenvalue weighted by molar-refractivity contribution is 0.528. The third kappa shape index (κ3) is 4.61. The third-order valence-electron chi connectivity index (χ3n) is 4.79. The van der Waals surface area contributed by atoms with Gasteiger partial charge in [0.1, 0.15) is 20.7 Å². The van der Waals surface area contributed by atoms with Crippen molar-refractivity contribution in [1.82, 2.24) is 9.88 Å². The number of hydrogen-bond donors (Lipinski definition) is 0. The molecule has 0 radical (unpaired) electrons. The van der Waals surface area contributed by atoms with Gasteiger partial charge in [-0.25, -0.2) is 12.6 Å². The van der Waals surface area contributed by atoms with E-state index in [4.69, 9.17) is 0 Å². The van der Waals surface area contributed by atoms with Gasteiger partial charge in [0.15, 0.2) is 9.84 Å². The summed E-state index contributed by atoms with van der Waals surface area (Å²) in [6.07, 6.45) is 11.7. The van der Waals surface area contributed by atoms with E-state index in [2.05, 4.69) is 16.8 Å². The zero-order valence-corrected chi connectivity index (χ0v) is 18.0. The Labute approximate surface area is 179 Å². The number of rotatable bonds is 4. The van der Waals surface area contributed by atoms with Crippen molar-refractivity contribution in [2.45, 2.75) is 17.7 Å². The largest absolute Gasteiger partial charge is 0.334 e. The van der Waals surface area contributed by atoms with Crippen molar-refractivity contribution < 1.29 is 12.6 Å². The highest BCUT2D eigenvalue weighted by molar-refractivity contribution is 7.93. The lowest BCUT2D eigenvalue weighted by atomic mass is 10.0. The molecule has 0 saturated heterocycles. The summed E-state index contributed by atoms with van der Waals surface area (Å²) >= 11 is 0. The fourth-order valence-electron chi connectivity index (χ4n) is 3.26. The Hall–Kier alpha value is -2.95. The first-order valence-electron chi connectivity index (χ1n) is 9.37. The summed E-state index contributed by atoms with van der Waals surface area (Å²) < 4.78 is 35.9. The standard InChI is InChI=1S/C23H20N2O3S2/c1-30(27,28)22-10-7-18(8-11-22)14-20-9-12-23-25(16-20)17-21(29(23)26)6-2-4-19-5-3-13-24-15-19/h3,5,7-13,15,17H,4,14,16H2,1H3. The van der Waals surface area contributed by atoms with Crippen LogP contribution < -0.4 is 0 Å². The van der Waals surface area contributed by atoms with E-state index >= 15 is 0 Å². The molecule has 4 rings (SSSR count). The van der Waals surface area contributed by atoms with Crippen LogP contribution >= 0.6 is 0 Å². The van der Waals surface area contributed by atoms with Gasteiger partial charge >= 0.3 is 0 Å². The van der Waals surface area contributed by atoms with Crippen LogP contribution in [0.4, 0.5) is 0 Å². The summed E-state index contributed by atoms with van der Waals surface area (Å²) in [4.78, 5) is 6.98. The highest BCUT2D eigenvalue weighted by Crippen LogP contribution is 2.30. The Bertz CT molecular complexity index is 1250. The van der Waals surface area contributed by atoms with E-state index in [0.29, 0.717) is 29.2 Å². The summed E-state index contributed by atoms with van der Waals surface area (Å²) in [5.74, 6) is 6.12. The second-order valence-electron chi connectivity index (χ2n) is 7.15. The van der Waals surface area contributed by atoms with E-state index in [1.807, 2.05) is 47.5 Å². The van der Waals surface area contributed by atoms with Crippen LogP contribution in [0.25, 0.3) is 0 Å². The van der Waals surface area contributed by atoms with Gasteiger partial charge in [-0.15, -0.1) is 0 Å². The Balaban J connectivity index is 1.43. The van der Waals surface area contributed by atoms with Crippen LogP contribution in [0, 0.1) is 11.8 Å². The minimum absolute atomic E-state index is 0.318. The predicted molar refractivity (Wildman–Crippen MR) is 118 cm³/mol. The van der Waals surface area contributed by atoms with E-state index < -0.39 is 20.6 Å². The van der Waals surface area contributed by atoms with Gasteiger partial charge in [0.05, 0.1) is 4.90 Å². The molecule has 0 amide bonds. The smallest absolute Gasteiger partial charge is 0.175 e. The highest BCUT2D eigenvalue weighted by Gasteiger charge is 2.27. The zero-order chi connectivity index (χ0) is 21.1. The van der Waals surface area contributed by atoms with Gasteiger partial charge in [0.2, 0.25) is 0 Å². The highest BCUT2D eigenvalue weighted by atomic mass is 32.2. The molecule has 1 aromatic carbocycles. The number of hydrogen-bond acceptors (Lipinski definition) is 5. The molecule has 2 aliphatic heterocycles. The van der Waals surface area contributed by atoms with Crippen molar-refractivity contribution in [1.29, 1.82) is 0 Å². The molecule has 1 atom stereocenters. The zero-order valence-electron chi connectivity index (χ0n) is 16.4. The average Bonchev–Trinajstić information content (AvgIpc) is 3.04. The molecule has 0 fully saturated rings. The van der Waals surface area contributed by atoms with E-state index in [1.54, 1.807) is 24.5 Å². The number of nitrogens with zero attached hydrogens (tertiary/aromatic N) is 2. The SMILES string of the molecule is CS(=O)(=O)c1ccc(CC2=CC=C3N(C=C(C#CCc4cccnc4)S3=O)C2)cc1. The van der Waals surface area contributed by atoms with Gasteiger partial charge in [-0.1, -0.05) is 36.1 Å². The van der Waals surface area contributed by atoms with Crippen LogP contribution in [0.5, 0.6) is 0 Å². The normalized spacial score (nSPS) is 18.0. The monoisotopic (exact) mass is 436 g/mol. The molecule has 0 spiro atoms. The van der Waals surface area contributed by atoms with E-state index in [-0.39, 0.29) is 0 Å². The van der Waals surface area contributed by atoms with Gasteiger partial charge in [0.25, 0.3) is 0 Å². The molecule has 1 aromatic heterocycles. The number of pyridine rings is 1. The fraction of sp³-hybridized carbons (Fsp3) is 0.174. The summed E-state index contributed by atoms with van der Waals surface area (Å²) in [7, 11) is -4.45. The summed E-state index contributed by atoms with van der Waals surface area (Å²) in [5, 5.41) is 0.747.